The molecule has 3 rings (SSSR count). The summed E-state index contributed by atoms with van der Waals surface area (Å²) in [5.41, 5.74) is 2.42. The second kappa shape index (κ2) is 5.31. The Bertz CT molecular complexity index is 475. The molecule has 2 aliphatic rings. The summed E-state index contributed by atoms with van der Waals surface area (Å²) in [6.45, 7) is 5.51. The zero-order valence-electron chi connectivity index (χ0n) is 11.2. The van der Waals surface area contributed by atoms with Crippen molar-refractivity contribution in [3.05, 3.63) is 28.3 Å². The molecule has 2 heterocycles. The molecule has 2 atom stereocenters. The lowest BCUT2D eigenvalue weighted by Gasteiger charge is -2.19. The van der Waals surface area contributed by atoms with Crippen LogP contribution in [-0.2, 0) is 13.0 Å². The van der Waals surface area contributed by atoms with Crippen molar-refractivity contribution < 1.29 is 9.84 Å². The third kappa shape index (κ3) is 2.73. The number of halogens is 1. The standard InChI is InChI=1S/C15H20ClNO2/c1-10(18)12-2-4-17(8-12)9-13-7-14(16)6-11-3-5-19-15(11)13/h6-7,10,12,18H,2-5,8-9H2,1H3. The molecule has 2 aliphatic heterocycles. The fourth-order valence-corrected chi connectivity index (χ4v) is 3.37. The molecule has 2 unspecified atom stereocenters. The van der Waals surface area contributed by atoms with Gasteiger partial charge in [0.25, 0.3) is 0 Å². The van der Waals surface area contributed by atoms with E-state index in [0.717, 1.165) is 49.9 Å². The Hall–Kier alpha value is -0.770. The molecule has 1 fully saturated rings. The first kappa shape index (κ1) is 13.2. The lowest BCUT2D eigenvalue weighted by Crippen LogP contribution is -2.24. The predicted octanol–water partition coefficient (Wildman–Crippen LogP) is 2.48. The van der Waals surface area contributed by atoms with Crippen molar-refractivity contribution in [3.63, 3.8) is 0 Å². The molecule has 0 radical (unpaired) electrons. The average molecular weight is 282 g/mol. The van der Waals surface area contributed by atoms with Crippen LogP contribution in [0.5, 0.6) is 5.75 Å². The van der Waals surface area contributed by atoms with Gasteiger partial charge in [-0.2, -0.15) is 0 Å². The summed E-state index contributed by atoms with van der Waals surface area (Å²) in [5, 5.41) is 10.5. The summed E-state index contributed by atoms with van der Waals surface area (Å²) in [7, 11) is 0. The maximum Gasteiger partial charge on any atom is 0.127 e. The molecule has 1 aromatic carbocycles. The summed E-state index contributed by atoms with van der Waals surface area (Å²) >= 11 is 6.18. The number of hydrogen-bond donors (Lipinski definition) is 1. The lowest BCUT2D eigenvalue weighted by molar-refractivity contribution is 0.127. The maximum absolute atomic E-state index is 9.66. The highest BCUT2D eigenvalue weighted by atomic mass is 35.5. The number of benzene rings is 1. The molecule has 0 bridgehead atoms. The average Bonchev–Trinajstić information content (AvgIpc) is 2.96. The molecular weight excluding hydrogens is 262 g/mol. The van der Waals surface area contributed by atoms with Crippen LogP contribution in [0.15, 0.2) is 12.1 Å². The summed E-state index contributed by atoms with van der Waals surface area (Å²) in [6, 6.07) is 4.03. The maximum atomic E-state index is 9.66. The van der Waals surface area contributed by atoms with Crippen molar-refractivity contribution >= 4 is 11.6 Å². The largest absolute Gasteiger partial charge is 0.493 e. The molecule has 0 spiro atoms. The monoisotopic (exact) mass is 281 g/mol. The topological polar surface area (TPSA) is 32.7 Å². The minimum Gasteiger partial charge on any atom is -0.493 e. The number of rotatable bonds is 3. The van der Waals surface area contributed by atoms with Gasteiger partial charge in [0, 0.05) is 30.1 Å². The third-order valence-corrected chi connectivity index (χ3v) is 4.43. The molecule has 1 saturated heterocycles. The van der Waals surface area contributed by atoms with Gasteiger partial charge >= 0.3 is 0 Å². The van der Waals surface area contributed by atoms with E-state index in [1.165, 1.54) is 11.1 Å². The van der Waals surface area contributed by atoms with E-state index in [1.807, 2.05) is 19.1 Å². The van der Waals surface area contributed by atoms with Gasteiger partial charge in [0.2, 0.25) is 0 Å². The van der Waals surface area contributed by atoms with Crippen LogP contribution in [0.25, 0.3) is 0 Å². The highest BCUT2D eigenvalue weighted by Crippen LogP contribution is 2.34. The minimum atomic E-state index is -0.216. The van der Waals surface area contributed by atoms with Gasteiger partial charge in [-0.25, -0.2) is 0 Å². The molecule has 104 valence electrons. The van der Waals surface area contributed by atoms with E-state index in [4.69, 9.17) is 16.3 Å². The Balaban J connectivity index is 1.74. The van der Waals surface area contributed by atoms with Crippen LogP contribution >= 0.6 is 11.6 Å². The molecule has 4 heteroatoms. The normalized spacial score (nSPS) is 24.3. The second-order valence-electron chi connectivity index (χ2n) is 5.68. The molecule has 1 aromatic rings. The van der Waals surface area contributed by atoms with Crippen molar-refractivity contribution in [3.8, 4) is 5.75 Å². The van der Waals surface area contributed by atoms with E-state index in [0.29, 0.717) is 5.92 Å². The van der Waals surface area contributed by atoms with E-state index in [-0.39, 0.29) is 6.10 Å². The van der Waals surface area contributed by atoms with Gasteiger partial charge < -0.3 is 9.84 Å². The summed E-state index contributed by atoms with van der Waals surface area (Å²) < 4.78 is 5.73. The zero-order chi connectivity index (χ0) is 13.4. The van der Waals surface area contributed by atoms with Gasteiger partial charge in [0.1, 0.15) is 5.75 Å². The third-order valence-electron chi connectivity index (χ3n) is 4.21. The highest BCUT2D eigenvalue weighted by molar-refractivity contribution is 6.30. The smallest absolute Gasteiger partial charge is 0.127 e. The number of aliphatic hydroxyl groups is 1. The molecule has 1 N–H and O–H groups in total. The van der Waals surface area contributed by atoms with Crippen LogP contribution in [0.3, 0.4) is 0 Å². The minimum absolute atomic E-state index is 0.216. The molecule has 0 saturated carbocycles. The van der Waals surface area contributed by atoms with Gasteiger partial charge in [-0.05, 0) is 43.5 Å². The molecule has 0 aromatic heterocycles. The van der Waals surface area contributed by atoms with Crippen molar-refractivity contribution in [2.75, 3.05) is 19.7 Å². The number of likely N-dealkylation sites (tertiary alicyclic amines) is 1. The van der Waals surface area contributed by atoms with Crippen LogP contribution in [0.4, 0.5) is 0 Å². The van der Waals surface area contributed by atoms with Crippen LogP contribution in [0.1, 0.15) is 24.5 Å². The van der Waals surface area contributed by atoms with Crippen LogP contribution in [0.2, 0.25) is 5.02 Å². The van der Waals surface area contributed by atoms with E-state index >= 15 is 0 Å². The highest BCUT2D eigenvalue weighted by Gasteiger charge is 2.27. The van der Waals surface area contributed by atoms with E-state index in [9.17, 15) is 5.11 Å². The Morgan fingerprint density at radius 1 is 1.53 bits per heavy atom. The number of hydrogen-bond acceptors (Lipinski definition) is 3. The number of fused-ring (bicyclic) bond motifs is 1. The first-order chi connectivity index (χ1) is 9.13. The van der Waals surface area contributed by atoms with Gasteiger partial charge in [0.15, 0.2) is 0 Å². The van der Waals surface area contributed by atoms with Crippen molar-refractivity contribution in [1.29, 1.82) is 0 Å². The van der Waals surface area contributed by atoms with Gasteiger partial charge in [-0.3, -0.25) is 4.90 Å². The summed E-state index contributed by atoms with van der Waals surface area (Å²) in [4.78, 5) is 2.38. The molecule has 0 aliphatic carbocycles. The number of nitrogens with zero attached hydrogens (tertiary/aromatic N) is 1. The first-order valence-electron chi connectivity index (χ1n) is 6.98. The Kier molecular flexibility index (Phi) is 3.70. The Morgan fingerprint density at radius 2 is 2.37 bits per heavy atom. The zero-order valence-corrected chi connectivity index (χ0v) is 12.0. The SMILES string of the molecule is CC(O)C1CCN(Cc2cc(Cl)cc3c2OCC3)C1. The fraction of sp³-hybridized carbons (Fsp3) is 0.600. The van der Waals surface area contributed by atoms with Crippen LogP contribution in [-0.4, -0.2) is 35.8 Å². The van der Waals surface area contributed by atoms with Gasteiger partial charge in [-0.15, -0.1) is 0 Å². The van der Waals surface area contributed by atoms with Crippen molar-refractivity contribution in [2.24, 2.45) is 5.92 Å². The summed E-state index contributed by atoms with van der Waals surface area (Å²) in [5.74, 6) is 1.43. The second-order valence-corrected chi connectivity index (χ2v) is 6.11. The van der Waals surface area contributed by atoms with Gasteiger partial charge in [0.05, 0.1) is 12.7 Å². The predicted molar refractivity (Wildman–Crippen MR) is 75.7 cm³/mol. The van der Waals surface area contributed by atoms with Crippen LogP contribution < -0.4 is 4.74 Å². The number of ether oxygens (including phenoxy) is 1. The van der Waals surface area contributed by atoms with E-state index in [1.54, 1.807) is 0 Å². The van der Waals surface area contributed by atoms with Crippen LogP contribution in [0, 0.1) is 5.92 Å². The molecule has 0 amide bonds. The summed E-state index contributed by atoms with van der Waals surface area (Å²) in [6.07, 6.45) is 1.81. The lowest BCUT2D eigenvalue weighted by atomic mass is 10.0. The van der Waals surface area contributed by atoms with Crippen molar-refractivity contribution in [2.45, 2.75) is 32.4 Å². The van der Waals surface area contributed by atoms with Gasteiger partial charge in [-0.1, -0.05) is 11.6 Å². The number of aliphatic hydroxyl groups excluding tert-OH is 1. The molecule has 19 heavy (non-hydrogen) atoms. The first-order valence-corrected chi connectivity index (χ1v) is 7.36. The molecular formula is C15H20ClNO2. The van der Waals surface area contributed by atoms with E-state index in [2.05, 4.69) is 4.90 Å². The quantitative estimate of drug-likeness (QED) is 0.924. The van der Waals surface area contributed by atoms with Crippen molar-refractivity contribution in [1.82, 2.24) is 4.90 Å². The van der Waals surface area contributed by atoms with E-state index < -0.39 is 0 Å². The molecule has 3 nitrogen and oxygen atoms in total. The Labute approximate surface area is 119 Å². The fourth-order valence-electron chi connectivity index (χ4n) is 3.10. The Morgan fingerprint density at radius 3 is 3.11 bits per heavy atom.